The first-order chi connectivity index (χ1) is 17.3. The zero-order valence-electron chi connectivity index (χ0n) is 21.3. The van der Waals surface area contributed by atoms with Gasteiger partial charge < -0.3 is 25.0 Å². The number of ether oxygens (including phenoxy) is 2. The quantitative estimate of drug-likeness (QED) is 0.195. The highest BCUT2D eigenvalue weighted by Gasteiger charge is 2.22. The molecule has 1 aromatic rings. The van der Waals surface area contributed by atoms with Crippen LogP contribution in [0.1, 0.15) is 87.9 Å². The van der Waals surface area contributed by atoms with Crippen LogP contribution in [-0.4, -0.2) is 60.2 Å². The number of benzene rings is 1. The maximum absolute atomic E-state index is 12.2. The molecule has 0 saturated carbocycles. The predicted octanol–water partition coefficient (Wildman–Crippen LogP) is 4.48. The lowest BCUT2D eigenvalue weighted by molar-refractivity contribution is -0.144. The van der Waals surface area contributed by atoms with Crippen molar-refractivity contribution < 1.29 is 38.9 Å². The normalized spacial score (nSPS) is 11.6. The van der Waals surface area contributed by atoms with Crippen LogP contribution in [0.4, 0.5) is 0 Å². The number of Topliss-reactive ketones (excluding diaryl/α,β-unsaturated/α-hetero) is 1. The fourth-order valence-electron chi connectivity index (χ4n) is 3.68. The van der Waals surface area contributed by atoms with Crippen LogP contribution in [0, 0.1) is 5.92 Å². The summed E-state index contributed by atoms with van der Waals surface area (Å²) in [6, 6.07) is 6.36. The summed E-state index contributed by atoms with van der Waals surface area (Å²) < 4.78 is 10.8. The monoisotopic (exact) mass is 507 g/mol. The van der Waals surface area contributed by atoms with Crippen LogP contribution in [0.15, 0.2) is 24.3 Å². The Morgan fingerprint density at radius 3 is 2.11 bits per heavy atom. The van der Waals surface area contributed by atoms with Crippen LogP contribution in [0.5, 0.6) is 5.75 Å². The minimum atomic E-state index is -1.04. The third-order valence-electron chi connectivity index (χ3n) is 5.79. The number of carboxylic acids is 2. The third kappa shape index (κ3) is 15.1. The van der Waals surface area contributed by atoms with Crippen LogP contribution in [0.25, 0.3) is 0 Å². The lowest BCUT2D eigenvalue weighted by Gasteiger charge is -2.12. The number of unbranched alkanes of at least 4 members (excludes halogenated alkanes) is 6. The predicted molar refractivity (Wildman–Crippen MR) is 135 cm³/mol. The van der Waals surface area contributed by atoms with Gasteiger partial charge in [-0.2, -0.15) is 0 Å². The van der Waals surface area contributed by atoms with Gasteiger partial charge in [0, 0.05) is 32.4 Å². The molecule has 9 heteroatoms. The number of hydrogen-bond acceptors (Lipinski definition) is 6. The standard InChI is InChI=1S/C27H41NO8/c1-2-35-19-17-28-25(30)16-13-22(27(33)34)20-23(29)10-8-6-4-3-5-7-9-18-36-24-14-11-21(12-15-24)26(31)32/h11-12,14-15,22H,2-10,13,16-20H2,1H3,(H,28,30)(H,31,32)(H,33,34)/t22-/m1/s1. The Kier molecular flexibility index (Phi) is 16.6. The van der Waals surface area contributed by atoms with E-state index in [4.69, 9.17) is 14.6 Å². The van der Waals surface area contributed by atoms with Gasteiger partial charge in [0.15, 0.2) is 0 Å². The topological polar surface area (TPSA) is 139 Å². The van der Waals surface area contributed by atoms with E-state index in [1.165, 1.54) is 12.1 Å². The highest BCUT2D eigenvalue weighted by molar-refractivity contribution is 5.87. The molecule has 0 spiro atoms. The van der Waals surface area contributed by atoms with E-state index < -0.39 is 17.9 Å². The Morgan fingerprint density at radius 1 is 0.861 bits per heavy atom. The summed E-state index contributed by atoms with van der Waals surface area (Å²) in [7, 11) is 0. The van der Waals surface area contributed by atoms with Crippen molar-refractivity contribution in [3.05, 3.63) is 29.8 Å². The van der Waals surface area contributed by atoms with Crippen molar-refractivity contribution in [1.29, 1.82) is 0 Å². The largest absolute Gasteiger partial charge is 0.494 e. The zero-order chi connectivity index (χ0) is 26.6. The molecule has 9 nitrogen and oxygen atoms in total. The molecule has 0 saturated heterocycles. The summed E-state index contributed by atoms with van der Waals surface area (Å²) in [5.41, 5.74) is 0.236. The van der Waals surface area contributed by atoms with Crippen molar-refractivity contribution in [2.45, 2.75) is 77.6 Å². The van der Waals surface area contributed by atoms with Gasteiger partial charge in [0.2, 0.25) is 5.91 Å². The van der Waals surface area contributed by atoms with Gasteiger partial charge in [-0.25, -0.2) is 4.79 Å². The molecule has 0 aliphatic rings. The second-order valence-corrected chi connectivity index (χ2v) is 8.77. The van der Waals surface area contributed by atoms with E-state index >= 15 is 0 Å². The fraction of sp³-hybridized carbons (Fsp3) is 0.630. The molecule has 1 atom stereocenters. The molecule has 0 heterocycles. The number of hydrogen-bond donors (Lipinski definition) is 3. The Labute approximate surface area is 213 Å². The molecular formula is C27H41NO8. The van der Waals surface area contributed by atoms with Crippen LogP contribution in [0.3, 0.4) is 0 Å². The lowest BCUT2D eigenvalue weighted by Crippen LogP contribution is -2.28. The van der Waals surface area contributed by atoms with E-state index in [9.17, 15) is 24.3 Å². The second-order valence-electron chi connectivity index (χ2n) is 8.77. The molecule has 3 N–H and O–H groups in total. The van der Waals surface area contributed by atoms with E-state index in [1.807, 2.05) is 6.92 Å². The molecule has 36 heavy (non-hydrogen) atoms. The van der Waals surface area contributed by atoms with Gasteiger partial charge >= 0.3 is 11.9 Å². The highest BCUT2D eigenvalue weighted by Crippen LogP contribution is 2.16. The highest BCUT2D eigenvalue weighted by atomic mass is 16.5. The van der Waals surface area contributed by atoms with Crippen LogP contribution < -0.4 is 10.1 Å². The van der Waals surface area contributed by atoms with Gasteiger partial charge in [-0.15, -0.1) is 0 Å². The zero-order valence-corrected chi connectivity index (χ0v) is 21.3. The van der Waals surface area contributed by atoms with E-state index in [1.54, 1.807) is 12.1 Å². The molecule has 1 aromatic carbocycles. The molecule has 0 bridgehead atoms. The van der Waals surface area contributed by atoms with Gasteiger partial charge in [0.05, 0.1) is 24.7 Å². The van der Waals surface area contributed by atoms with E-state index in [-0.39, 0.29) is 36.5 Å². The number of carboxylic acid groups (broad SMARTS) is 2. The number of nitrogens with one attached hydrogen (secondary N) is 1. The molecule has 0 aliphatic carbocycles. The number of ketones is 1. The number of aromatic carboxylic acids is 1. The minimum absolute atomic E-state index is 0.0272. The first kappa shape index (κ1) is 31.1. The van der Waals surface area contributed by atoms with Crippen LogP contribution in [-0.2, 0) is 19.1 Å². The lowest BCUT2D eigenvalue weighted by atomic mass is 9.94. The van der Waals surface area contributed by atoms with Gasteiger partial charge in [-0.1, -0.05) is 32.1 Å². The van der Waals surface area contributed by atoms with Crippen LogP contribution >= 0.6 is 0 Å². The third-order valence-corrected chi connectivity index (χ3v) is 5.79. The molecule has 1 rings (SSSR count). The molecule has 0 aliphatic heterocycles. The molecule has 202 valence electrons. The molecule has 1 amide bonds. The van der Waals surface area contributed by atoms with Crippen molar-refractivity contribution in [3.63, 3.8) is 0 Å². The Bertz CT molecular complexity index is 793. The maximum atomic E-state index is 12.2. The Hall–Kier alpha value is -2.94. The van der Waals surface area contributed by atoms with E-state index in [0.29, 0.717) is 38.5 Å². The number of amides is 1. The molecular weight excluding hydrogens is 466 g/mol. The van der Waals surface area contributed by atoms with Crippen molar-refractivity contribution in [2.75, 3.05) is 26.4 Å². The van der Waals surface area contributed by atoms with Crippen molar-refractivity contribution in [2.24, 2.45) is 5.92 Å². The smallest absolute Gasteiger partial charge is 0.335 e. The SMILES string of the molecule is CCOCCNC(=O)CC[C@H](CC(=O)CCCCCCCCCOc1ccc(C(=O)O)cc1)C(=O)O. The van der Waals surface area contributed by atoms with Crippen molar-refractivity contribution in [1.82, 2.24) is 5.32 Å². The molecule has 0 unspecified atom stereocenters. The number of carbonyl (C=O) groups excluding carboxylic acids is 2. The number of carbonyl (C=O) groups is 4. The number of rotatable bonds is 22. The first-order valence-corrected chi connectivity index (χ1v) is 12.9. The fourth-order valence-corrected chi connectivity index (χ4v) is 3.68. The molecule has 0 aromatic heterocycles. The van der Waals surface area contributed by atoms with Gasteiger partial charge in [-0.05, 0) is 50.5 Å². The van der Waals surface area contributed by atoms with Crippen molar-refractivity contribution in [3.8, 4) is 5.75 Å². The average Bonchev–Trinajstić information content (AvgIpc) is 2.85. The average molecular weight is 508 g/mol. The second kappa shape index (κ2) is 19.3. The maximum Gasteiger partial charge on any atom is 0.335 e. The molecule has 0 fully saturated rings. The summed E-state index contributed by atoms with van der Waals surface area (Å²) in [6.07, 6.45) is 7.37. The Morgan fingerprint density at radius 2 is 1.50 bits per heavy atom. The van der Waals surface area contributed by atoms with Gasteiger partial charge in [0.25, 0.3) is 0 Å². The summed E-state index contributed by atoms with van der Waals surface area (Å²) in [5.74, 6) is -2.45. The van der Waals surface area contributed by atoms with Crippen LogP contribution in [0.2, 0.25) is 0 Å². The van der Waals surface area contributed by atoms with Crippen molar-refractivity contribution >= 4 is 23.6 Å². The van der Waals surface area contributed by atoms with Gasteiger partial charge in [-0.3, -0.25) is 14.4 Å². The summed E-state index contributed by atoms with van der Waals surface area (Å²) in [4.78, 5) is 46.3. The first-order valence-electron chi connectivity index (χ1n) is 12.9. The number of aliphatic carboxylic acids is 1. The van der Waals surface area contributed by atoms with Gasteiger partial charge in [0.1, 0.15) is 11.5 Å². The summed E-state index contributed by atoms with van der Waals surface area (Å²) >= 11 is 0. The van der Waals surface area contributed by atoms with E-state index in [2.05, 4.69) is 5.32 Å². The molecule has 0 radical (unpaired) electrons. The summed E-state index contributed by atoms with van der Waals surface area (Å²) in [5, 5.41) is 20.9. The Balaban J connectivity index is 2.05. The summed E-state index contributed by atoms with van der Waals surface area (Å²) in [6.45, 7) is 3.83. The van der Waals surface area contributed by atoms with E-state index in [0.717, 1.165) is 44.9 Å². The minimum Gasteiger partial charge on any atom is -0.494 e.